The quantitative estimate of drug-likeness (QED) is 0.367. The molecule has 2 aromatic heterocycles. The predicted molar refractivity (Wildman–Crippen MR) is 137 cm³/mol. The average molecular weight is 493 g/mol. The van der Waals surface area contributed by atoms with Gasteiger partial charge in [0.2, 0.25) is 5.95 Å². The van der Waals surface area contributed by atoms with E-state index in [1.807, 2.05) is 23.1 Å². The Morgan fingerprint density at radius 3 is 2.39 bits per heavy atom. The second kappa shape index (κ2) is 9.64. The molecule has 0 bridgehead atoms. The van der Waals surface area contributed by atoms with E-state index in [0.29, 0.717) is 35.9 Å². The topological polar surface area (TPSA) is 80.0 Å². The van der Waals surface area contributed by atoms with Gasteiger partial charge in [0.1, 0.15) is 5.82 Å². The van der Waals surface area contributed by atoms with Crippen molar-refractivity contribution in [2.24, 2.45) is 5.92 Å². The van der Waals surface area contributed by atoms with Crippen LogP contribution in [0, 0.1) is 5.92 Å². The van der Waals surface area contributed by atoms with Crippen LogP contribution in [0.3, 0.4) is 0 Å². The third-order valence-corrected chi connectivity index (χ3v) is 6.74. The number of benzene rings is 2. The number of nitrogen functional groups attached to an aromatic ring is 1. The molecular formula is C27H27F3N6. The van der Waals surface area contributed by atoms with Gasteiger partial charge in [-0.15, -0.1) is 0 Å². The van der Waals surface area contributed by atoms with E-state index in [4.69, 9.17) is 5.73 Å². The highest BCUT2D eigenvalue weighted by Gasteiger charge is 2.36. The average Bonchev–Trinajstić information content (AvgIpc) is 2.88. The lowest BCUT2D eigenvalue weighted by atomic mass is 9.89. The van der Waals surface area contributed by atoms with E-state index < -0.39 is 11.7 Å². The molecule has 1 saturated heterocycles. The minimum absolute atomic E-state index is 0.00122. The highest BCUT2D eigenvalue weighted by molar-refractivity contribution is 5.90. The van der Waals surface area contributed by atoms with Crippen LogP contribution in [0.1, 0.15) is 24.0 Å². The van der Waals surface area contributed by atoms with Gasteiger partial charge < -0.3 is 16.0 Å². The monoisotopic (exact) mass is 492 g/mol. The van der Waals surface area contributed by atoms with E-state index in [9.17, 15) is 13.2 Å². The summed E-state index contributed by atoms with van der Waals surface area (Å²) in [6.45, 7) is 1.36. The number of fused-ring (bicyclic) bond motifs is 1. The first-order valence-corrected chi connectivity index (χ1v) is 11.9. The van der Waals surface area contributed by atoms with E-state index in [0.717, 1.165) is 25.3 Å². The number of aromatic nitrogens is 3. The van der Waals surface area contributed by atoms with Gasteiger partial charge in [0.05, 0.1) is 16.6 Å². The van der Waals surface area contributed by atoms with Gasteiger partial charge in [0, 0.05) is 31.4 Å². The molecule has 0 unspecified atom stereocenters. The summed E-state index contributed by atoms with van der Waals surface area (Å²) in [4.78, 5) is 14.9. The van der Waals surface area contributed by atoms with E-state index in [-0.39, 0.29) is 22.9 Å². The number of nitrogens with zero attached hydrogens (tertiary/aromatic N) is 4. The third kappa shape index (κ3) is 4.78. The van der Waals surface area contributed by atoms with Crippen molar-refractivity contribution in [3.8, 4) is 11.3 Å². The Morgan fingerprint density at radius 2 is 1.69 bits per heavy atom. The molecule has 3 heterocycles. The van der Waals surface area contributed by atoms with Crippen LogP contribution in [0.2, 0.25) is 0 Å². The molecular weight excluding hydrogens is 465 g/mol. The lowest BCUT2D eigenvalue weighted by Gasteiger charge is -2.35. The zero-order chi connectivity index (χ0) is 25.3. The normalized spacial score (nSPS) is 14.8. The summed E-state index contributed by atoms with van der Waals surface area (Å²) < 4.78 is 42.5. The Bertz CT molecular complexity index is 1370. The first-order chi connectivity index (χ1) is 17.3. The summed E-state index contributed by atoms with van der Waals surface area (Å²) in [5.74, 6) is 0.971. The molecule has 1 aliphatic rings. The molecule has 3 N–H and O–H groups in total. The first kappa shape index (κ1) is 23.8. The van der Waals surface area contributed by atoms with Crippen LogP contribution in [-0.2, 0) is 12.6 Å². The van der Waals surface area contributed by atoms with Crippen molar-refractivity contribution in [2.45, 2.75) is 25.4 Å². The molecule has 0 atom stereocenters. The second-order valence-corrected chi connectivity index (χ2v) is 9.07. The number of hydrogen-bond acceptors (Lipinski definition) is 6. The Labute approximate surface area is 207 Å². The minimum Gasteiger partial charge on any atom is -0.372 e. The summed E-state index contributed by atoms with van der Waals surface area (Å²) in [5.41, 5.74) is 7.44. The van der Waals surface area contributed by atoms with Gasteiger partial charge in [-0.2, -0.15) is 23.1 Å². The van der Waals surface area contributed by atoms with E-state index >= 15 is 0 Å². The van der Waals surface area contributed by atoms with Gasteiger partial charge >= 0.3 is 6.18 Å². The van der Waals surface area contributed by atoms with Crippen molar-refractivity contribution >= 4 is 28.5 Å². The number of rotatable bonds is 5. The highest BCUT2D eigenvalue weighted by atomic mass is 19.4. The molecule has 0 spiro atoms. The van der Waals surface area contributed by atoms with Gasteiger partial charge in [-0.05, 0) is 55.0 Å². The Balaban J connectivity index is 1.51. The standard InChI is InChI=1S/C27H27F3N6/c1-32-24-19-10-11-21(33-25(19)35-26(31)34-24)23-20(27(28,29)30)8-5-9-22(23)36-14-12-18(13-15-36)16-17-6-3-2-4-7-17/h2-11,18H,12-16H2,1H3,(H3,31,32,33,34,35). The van der Waals surface area contributed by atoms with Crippen LogP contribution in [0.4, 0.5) is 30.6 Å². The molecule has 5 rings (SSSR count). The molecule has 9 heteroatoms. The van der Waals surface area contributed by atoms with Crippen LogP contribution in [0.25, 0.3) is 22.3 Å². The number of nitrogens with one attached hydrogen (secondary N) is 1. The summed E-state index contributed by atoms with van der Waals surface area (Å²) in [5, 5.41) is 3.52. The molecule has 1 aliphatic heterocycles. The molecule has 4 aromatic rings. The number of anilines is 3. The fourth-order valence-corrected chi connectivity index (χ4v) is 4.99. The summed E-state index contributed by atoms with van der Waals surface area (Å²) in [7, 11) is 1.69. The van der Waals surface area contributed by atoms with Crippen molar-refractivity contribution in [1.82, 2.24) is 15.0 Å². The van der Waals surface area contributed by atoms with E-state index in [1.165, 1.54) is 11.6 Å². The van der Waals surface area contributed by atoms with Crippen LogP contribution in [0.15, 0.2) is 60.7 Å². The number of nitrogens with two attached hydrogens (primary N) is 1. The van der Waals surface area contributed by atoms with Crippen molar-refractivity contribution < 1.29 is 13.2 Å². The Morgan fingerprint density at radius 1 is 0.944 bits per heavy atom. The fraction of sp³-hybridized carbons (Fsp3) is 0.296. The van der Waals surface area contributed by atoms with E-state index in [1.54, 1.807) is 25.2 Å². The molecule has 0 radical (unpaired) electrons. The lowest BCUT2D eigenvalue weighted by molar-refractivity contribution is -0.137. The largest absolute Gasteiger partial charge is 0.417 e. The zero-order valence-electron chi connectivity index (χ0n) is 19.9. The number of piperidine rings is 1. The molecule has 1 fully saturated rings. The van der Waals surface area contributed by atoms with Gasteiger partial charge in [-0.1, -0.05) is 36.4 Å². The van der Waals surface area contributed by atoms with Crippen LogP contribution in [0.5, 0.6) is 0 Å². The molecule has 6 nitrogen and oxygen atoms in total. The maximum absolute atomic E-state index is 14.2. The van der Waals surface area contributed by atoms with Gasteiger partial charge in [-0.3, -0.25) is 0 Å². The van der Waals surface area contributed by atoms with Crippen LogP contribution in [-0.4, -0.2) is 35.1 Å². The molecule has 0 amide bonds. The maximum Gasteiger partial charge on any atom is 0.417 e. The molecule has 0 saturated carbocycles. The Hall–Kier alpha value is -3.88. The molecule has 0 aliphatic carbocycles. The van der Waals surface area contributed by atoms with Crippen LogP contribution >= 0.6 is 0 Å². The smallest absolute Gasteiger partial charge is 0.372 e. The fourth-order valence-electron chi connectivity index (χ4n) is 4.99. The predicted octanol–water partition coefficient (Wildman–Crippen LogP) is 5.79. The third-order valence-electron chi connectivity index (χ3n) is 6.74. The number of halogens is 3. The van der Waals surface area contributed by atoms with Crippen molar-refractivity contribution in [3.05, 3.63) is 71.8 Å². The number of alkyl halides is 3. The second-order valence-electron chi connectivity index (χ2n) is 9.07. The van der Waals surface area contributed by atoms with E-state index in [2.05, 4.69) is 32.4 Å². The number of pyridine rings is 1. The molecule has 186 valence electrons. The number of hydrogen-bond donors (Lipinski definition) is 2. The van der Waals surface area contributed by atoms with Gasteiger partial charge in [0.15, 0.2) is 5.65 Å². The first-order valence-electron chi connectivity index (χ1n) is 11.9. The Kier molecular flexibility index (Phi) is 6.38. The zero-order valence-corrected chi connectivity index (χ0v) is 19.9. The maximum atomic E-state index is 14.2. The summed E-state index contributed by atoms with van der Waals surface area (Å²) >= 11 is 0. The lowest BCUT2D eigenvalue weighted by Crippen LogP contribution is -2.35. The SMILES string of the molecule is CNc1nc(N)nc2nc(-c3c(N4CCC(Cc5ccccc5)CC4)cccc3C(F)(F)F)ccc12. The minimum atomic E-state index is -4.53. The van der Waals surface area contributed by atoms with Gasteiger partial charge in [-0.25, -0.2) is 4.98 Å². The van der Waals surface area contributed by atoms with Crippen molar-refractivity contribution in [3.63, 3.8) is 0 Å². The van der Waals surface area contributed by atoms with Crippen molar-refractivity contribution in [1.29, 1.82) is 0 Å². The summed E-state index contributed by atoms with van der Waals surface area (Å²) in [6, 6.07) is 17.9. The van der Waals surface area contributed by atoms with Crippen LogP contribution < -0.4 is 16.0 Å². The molecule has 2 aromatic carbocycles. The van der Waals surface area contributed by atoms with Gasteiger partial charge in [0.25, 0.3) is 0 Å². The van der Waals surface area contributed by atoms with Crippen molar-refractivity contribution in [2.75, 3.05) is 36.1 Å². The summed E-state index contributed by atoms with van der Waals surface area (Å²) in [6.07, 6.45) is -1.74. The molecule has 36 heavy (non-hydrogen) atoms. The highest BCUT2D eigenvalue weighted by Crippen LogP contribution is 2.43.